The van der Waals surface area contributed by atoms with E-state index in [1.54, 1.807) is 0 Å². The lowest BCUT2D eigenvalue weighted by molar-refractivity contribution is -0.0358. The van der Waals surface area contributed by atoms with Crippen molar-refractivity contribution < 1.29 is 10.2 Å². The third kappa shape index (κ3) is 2.44. The van der Waals surface area contributed by atoms with Gasteiger partial charge in [0, 0.05) is 5.41 Å². The van der Waals surface area contributed by atoms with Crippen LogP contribution in [0.3, 0.4) is 0 Å². The van der Waals surface area contributed by atoms with E-state index >= 15 is 0 Å². The Balaban J connectivity index is 4.67. The second-order valence-electron chi connectivity index (χ2n) is 4.17. The van der Waals surface area contributed by atoms with Crippen LogP contribution in [0, 0.1) is 17.3 Å². The molecular weight excluding hydrogens is 164 g/mol. The molecule has 0 saturated heterocycles. The molecule has 0 aliphatic carbocycles. The summed E-state index contributed by atoms with van der Waals surface area (Å²) in [5.74, 6) is 0.745. The van der Waals surface area contributed by atoms with E-state index in [2.05, 4.69) is 27.7 Å². The molecule has 0 aromatic rings. The van der Waals surface area contributed by atoms with Crippen molar-refractivity contribution in [3.8, 4) is 0 Å². The summed E-state index contributed by atoms with van der Waals surface area (Å²) in [6.45, 7) is 8.61. The van der Waals surface area contributed by atoms with Gasteiger partial charge < -0.3 is 10.2 Å². The highest BCUT2D eigenvalue weighted by Crippen LogP contribution is 2.38. The molecule has 0 rings (SSSR count). The first kappa shape index (κ1) is 12.9. The van der Waals surface area contributed by atoms with E-state index in [0.717, 1.165) is 12.8 Å². The standard InChI is InChI=1S/C11H24O2/c1-5-9(3)11(7-12,8-13)10(4)6-2/h9-10,12-13H,5-8H2,1-4H3. The topological polar surface area (TPSA) is 40.5 Å². The normalized spacial score (nSPS) is 17.1. The Bertz CT molecular complexity index is 118. The van der Waals surface area contributed by atoms with E-state index in [1.807, 2.05) is 0 Å². The number of aliphatic hydroxyl groups is 2. The fraction of sp³-hybridized carbons (Fsp3) is 1.00. The molecule has 0 saturated carbocycles. The molecule has 0 aromatic heterocycles. The van der Waals surface area contributed by atoms with Crippen LogP contribution in [0.4, 0.5) is 0 Å². The summed E-state index contributed by atoms with van der Waals surface area (Å²) in [6, 6.07) is 0. The Morgan fingerprint density at radius 1 is 0.923 bits per heavy atom. The third-order valence-electron chi connectivity index (χ3n) is 3.78. The molecule has 2 N–H and O–H groups in total. The lowest BCUT2D eigenvalue weighted by atomic mass is 9.67. The van der Waals surface area contributed by atoms with Gasteiger partial charge in [-0.05, 0) is 11.8 Å². The molecular formula is C11H24O2. The van der Waals surface area contributed by atoms with Crippen LogP contribution in [0.2, 0.25) is 0 Å². The first-order valence-electron chi connectivity index (χ1n) is 5.30. The Morgan fingerprint density at radius 2 is 1.23 bits per heavy atom. The van der Waals surface area contributed by atoms with Gasteiger partial charge in [-0.3, -0.25) is 0 Å². The van der Waals surface area contributed by atoms with Gasteiger partial charge in [-0.1, -0.05) is 40.5 Å². The lowest BCUT2D eigenvalue weighted by Gasteiger charge is -2.40. The van der Waals surface area contributed by atoms with Crippen LogP contribution >= 0.6 is 0 Å². The molecule has 2 nitrogen and oxygen atoms in total. The van der Waals surface area contributed by atoms with Crippen LogP contribution in [0.5, 0.6) is 0 Å². The quantitative estimate of drug-likeness (QED) is 0.669. The van der Waals surface area contributed by atoms with Gasteiger partial charge in [0.25, 0.3) is 0 Å². The molecule has 0 aliphatic heterocycles. The second-order valence-corrected chi connectivity index (χ2v) is 4.17. The smallest absolute Gasteiger partial charge is 0.0514 e. The number of hydrogen-bond acceptors (Lipinski definition) is 2. The van der Waals surface area contributed by atoms with E-state index in [4.69, 9.17) is 0 Å². The second kappa shape index (κ2) is 5.61. The predicted molar refractivity (Wildman–Crippen MR) is 55.5 cm³/mol. The average Bonchev–Trinajstić information content (AvgIpc) is 2.19. The van der Waals surface area contributed by atoms with Crippen LogP contribution in [0.25, 0.3) is 0 Å². The van der Waals surface area contributed by atoms with Crippen molar-refractivity contribution in [1.29, 1.82) is 0 Å². The molecule has 0 bridgehead atoms. The number of hydrogen-bond donors (Lipinski definition) is 2. The minimum Gasteiger partial charge on any atom is -0.396 e. The van der Waals surface area contributed by atoms with Crippen LogP contribution in [-0.2, 0) is 0 Å². The first-order chi connectivity index (χ1) is 6.08. The van der Waals surface area contributed by atoms with Gasteiger partial charge in [0.15, 0.2) is 0 Å². The van der Waals surface area contributed by atoms with Crippen molar-refractivity contribution in [1.82, 2.24) is 0 Å². The van der Waals surface area contributed by atoms with Gasteiger partial charge in [0.1, 0.15) is 0 Å². The van der Waals surface area contributed by atoms with Gasteiger partial charge in [-0.15, -0.1) is 0 Å². The van der Waals surface area contributed by atoms with Crippen molar-refractivity contribution in [3.05, 3.63) is 0 Å². The summed E-state index contributed by atoms with van der Waals surface area (Å²) in [5, 5.41) is 18.8. The summed E-state index contributed by atoms with van der Waals surface area (Å²) in [7, 11) is 0. The highest BCUT2D eigenvalue weighted by Gasteiger charge is 2.38. The van der Waals surface area contributed by atoms with Crippen molar-refractivity contribution in [2.45, 2.75) is 40.5 Å². The number of aliphatic hydroxyl groups excluding tert-OH is 2. The maximum atomic E-state index is 9.42. The summed E-state index contributed by atoms with van der Waals surface area (Å²) in [4.78, 5) is 0. The summed E-state index contributed by atoms with van der Waals surface area (Å²) >= 11 is 0. The van der Waals surface area contributed by atoms with Gasteiger partial charge >= 0.3 is 0 Å². The fourth-order valence-electron chi connectivity index (χ4n) is 1.97. The van der Waals surface area contributed by atoms with E-state index in [1.165, 1.54) is 0 Å². The zero-order valence-electron chi connectivity index (χ0n) is 9.38. The van der Waals surface area contributed by atoms with E-state index in [0.29, 0.717) is 11.8 Å². The van der Waals surface area contributed by atoms with Crippen LogP contribution in [-0.4, -0.2) is 23.4 Å². The minimum atomic E-state index is -0.288. The molecule has 0 aromatic carbocycles. The van der Waals surface area contributed by atoms with Crippen molar-refractivity contribution in [2.75, 3.05) is 13.2 Å². The minimum absolute atomic E-state index is 0.0908. The molecule has 2 heteroatoms. The zero-order valence-corrected chi connectivity index (χ0v) is 9.38. The lowest BCUT2D eigenvalue weighted by Crippen LogP contribution is -2.42. The molecule has 0 radical (unpaired) electrons. The maximum Gasteiger partial charge on any atom is 0.0514 e. The average molecular weight is 188 g/mol. The summed E-state index contributed by atoms with van der Waals surface area (Å²) in [5.41, 5.74) is -0.288. The van der Waals surface area contributed by atoms with Crippen molar-refractivity contribution in [2.24, 2.45) is 17.3 Å². The monoisotopic (exact) mass is 188 g/mol. The fourth-order valence-corrected chi connectivity index (χ4v) is 1.97. The van der Waals surface area contributed by atoms with Gasteiger partial charge in [-0.25, -0.2) is 0 Å². The zero-order chi connectivity index (χ0) is 10.5. The third-order valence-corrected chi connectivity index (χ3v) is 3.78. The Hall–Kier alpha value is -0.0800. The van der Waals surface area contributed by atoms with Crippen molar-refractivity contribution >= 4 is 0 Å². The highest BCUT2D eigenvalue weighted by atomic mass is 16.3. The Morgan fingerprint density at radius 3 is 1.38 bits per heavy atom. The molecule has 0 aliphatic rings. The molecule has 2 unspecified atom stereocenters. The maximum absolute atomic E-state index is 9.42. The molecule has 13 heavy (non-hydrogen) atoms. The predicted octanol–water partition coefficient (Wildman–Crippen LogP) is 2.05. The number of rotatable bonds is 6. The van der Waals surface area contributed by atoms with Crippen molar-refractivity contribution in [3.63, 3.8) is 0 Å². The molecule has 0 heterocycles. The first-order valence-corrected chi connectivity index (χ1v) is 5.30. The highest BCUT2D eigenvalue weighted by molar-refractivity contribution is 4.86. The van der Waals surface area contributed by atoms with Crippen LogP contribution in [0.15, 0.2) is 0 Å². The molecule has 80 valence electrons. The van der Waals surface area contributed by atoms with Gasteiger partial charge in [0.2, 0.25) is 0 Å². The van der Waals surface area contributed by atoms with Gasteiger partial charge in [0.05, 0.1) is 13.2 Å². The van der Waals surface area contributed by atoms with Crippen LogP contribution < -0.4 is 0 Å². The summed E-state index contributed by atoms with van der Waals surface area (Å²) < 4.78 is 0. The van der Waals surface area contributed by atoms with Crippen LogP contribution in [0.1, 0.15) is 40.5 Å². The molecule has 0 fully saturated rings. The van der Waals surface area contributed by atoms with E-state index in [9.17, 15) is 10.2 Å². The summed E-state index contributed by atoms with van der Waals surface area (Å²) in [6.07, 6.45) is 2.01. The largest absolute Gasteiger partial charge is 0.396 e. The van der Waals surface area contributed by atoms with E-state index < -0.39 is 0 Å². The Kier molecular flexibility index (Phi) is 5.57. The van der Waals surface area contributed by atoms with E-state index in [-0.39, 0.29) is 18.6 Å². The Labute approximate surface area is 82.0 Å². The molecule has 0 amide bonds. The SMILES string of the molecule is CCC(C)C(CO)(CO)C(C)CC. The molecule has 0 spiro atoms. The molecule has 2 atom stereocenters. The van der Waals surface area contributed by atoms with Gasteiger partial charge in [-0.2, -0.15) is 0 Å².